The second-order valence-electron chi connectivity index (χ2n) is 6.83. The molecule has 0 heterocycles. The average Bonchev–Trinajstić information content (AvgIpc) is 2.82. The molecule has 0 fully saturated rings. The average molecular weight is 426 g/mol. The third-order valence-electron chi connectivity index (χ3n) is 4.43. The Balaban J connectivity index is 1.61. The van der Waals surface area contributed by atoms with Gasteiger partial charge in [0.1, 0.15) is 24.0 Å². The summed E-state index contributed by atoms with van der Waals surface area (Å²) < 4.78 is 15.3. The van der Waals surface area contributed by atoms with Crippen molar-refractivity contribution in [2.75, 3.05) is 0 Å². The van der Waals surface area contributed by atoms with Gasteiger partial charge in [-0.2, -0.15) is 0 Å². The number of benzene rings is 3. The lowest BCUT2D eigenvalue weighted by Crippen LogP contribution is -2.02. The molecular formula is C27H22O5. The summed E-state index contributed by atoms with van der Waals surface area (Å²) >= 11 is 0. The van der Waals surface area contributed by atoms with Crippen molar-refractivity contribution in [2.45, 2.75) is 6.92 Å². The zero-order chi connectivity index (χ0) is 22.9. The van der Waals surface area contributed by atoms with E-state index in [4.69, 9.17) is 14.2 Å². The van der Waals surface area contributed by atoms with Gasteiger partial charge in [-0.1, -0.05) is 61.7 Å². The first-order valence-electron chi connectivity index (χ1n) is 9.79. The highest BCUT2D eigenvalue weighted by Gasteiger charge is 2.04. The Hall–Kier alpha value is -4.38. The fourth-order valence-electron chi connectivity index (χ4n) is 2.75. The summed E-state index contributed by atoms with van der Waals surface area (Å²) in [5.74, 6) is 0.100. The summed E-state index contributed by atoms with van der Waals surface area (Å²) in [6.07, 6.45) is 3.61. The first-order chi connectivity index (χ1) is 15.5. The number of esters is 2. The van der Waals surface area contributed by atoms with Gasteiger partial charge in [0.15, 0.2) is 0 Å². The van der Waals surface area contributed by atoms with E-state index >= 15 is 0 Å². The molecule has 0 aliphatic carbocycles. The Bertz CT molecular complexity index is 1140. The smallest absolute Gasteiger partial charge is 0.338 e. The maximum atomic E-state index is 11.3. The summed E-state index contributed by atoms with van der Waals surface area (Å²) in [5, 5.41) is 0. The Morgan fingerprint density at radius 2 is 1.16 bits per heavy atom. The minimum absolute atomic E-state index is 0.316. The molecule has 3 aromatic carbocycles. The predicted molar refractivity (Wildman–Crippen MR) is 124 cm³/mol. The van der Waals surface area contributed by atoms with Crippen molar-refractivity contribution in [3.05, 3.63) is 110 Å². The Labute approximate surface area is 186 Å². The molecule has 3 aromatic rings. The van der Waals surface area contributed by atoms with E-state index in [9.17, 15) is 9.59 Å². The third kappa shape index (κ3) is 6.06. The van der Waals surface area contributed by atoms with Crippen molar-refractivity contribution < 1.29 is 23.8 Å². The molecule has 160 valence electrons. The third-order valence-corrected chi connectivity index (χ3v) is 4.43. The van der Waals surface area contributed by atoms with Gasteiger partial charge >= 0.3 is 11.9 Å². The number of ether oxygens (including phenoxy) is 3. The predicted octanol–water partition coefficient (Wildman–Crippen LogP) is 6.08. The van der Waals surface area contributed by atoms with Crippen LogP contribution < -0.4 is 9.47 Å². The van der Waals surface area contributed by atoms with Crippen LogP contribution in [0.1, 0.15) is 6.92 Å². The Kier molecular flexibility index (Phi) is 7.38. The lowest BCUT2D eigenvalue weighted by Gasteiger charge is -2.07. The van der Waals surface area contributed by atoms with Crippen molar-refractivity contribution in [2.24, 2.45) is 0 Å². The van der Waals surface area contributed by atoms with Crippen LogP contribution in [0.2, 0.25) is 0 Å². The van der Waals surface area contributed by atoms with Crippen molar-refractivity contribution in [1.82, 2.24) is 0 Å². The molecule has 0 saturated heterocycles. The molecule has 0 amide bonds. The van der Waals surface area contributed by atoms with Gasteiger partial charge in [-0.05, 0) is 53.4 Å². The quantitative estimate of drug-likeness (QED) is 0.189. The van der Waals surface area contributed by atoms with E-state index in [1.165, 1.54) is 12.5 Å². The molecule has 0 unspecified atom stereocenters. The zero-order valence-corrected chi connectivity index (χ0v) is 17.6. The van der Waals surface area contributed by atoms with Crippen LogP contribution in [0, 0.1) is 0 Å². The van der Waals surface area contributed by atoms with Crippen LogP contribution >= 0.6 is 0 Å². The second kappa shape index (κ2) is 10.6. The molecule has 5 heteroatoms. The highest BCUT2D eigenvalue weighted by Crippen LogP contribution is 2.27. The summed E-state index contributed by atoms with van der Waals surface area (Å²) in [7, 11) is 0. The molecule has 0 aliphatic heterocycles. The SMILES string of the molecule is C=CC(=O)Oc1ccc(-c2ccc(-c3ccc(OC=COC(=O)C(=C)C)cc3)cc2)cc1. The highest BCUT2D eigenvalue weighted by atomic mass is 16.5. The normalized spacial score (nSPS) is 10.4. The summed E-state index contributed by atoms with van der Waals surface area (Å²) in [4.78, 5) is 22.6. The summed E-state index contributed by atoms with van der Waals surface area (Å²) in [5.41, 5.74) is 4.47. The maximum Gasteiger partial charge on any atom is 0.338 e. The van der Waals surface area contributed by atoms with E-state index in [0.717, 1.165) is 28.3 Å². The van der Waals surface area contributed by atoms with E-state index < -0.39 is 11.9 Å². The first kappa shape index (κ1) is 22.3. The van der Waals surface area contributed by atoms with Crippen LogP contribution in [-0.4, -0.2) is 11.9 Å². The van der Waals surface area contributed by atoms with E-state index in [1.807, 2.05) is 60.7 Å². The van der Waals surface area contributed by atoms with Crippen LogP contribution in [0.3, 0.4) is 0 Å². The fourth-order valence-corrected chi connectivity index (χ4v) is 2.75. The maximum absolute atomic E-state index is 11.3. The fraction of sp³-hybridized carbons (Fsp3) is 0.0370. The van der Waals surface area contributed by atoms with Gasteiger partial charge in [0.2, 0.25) is 0 Å². The first-order valence-corrected chi connectivity index (χ1v) is 9.79. The molecule has 0 spiro atoms. The molecule has 0 aromatic heterocycles. The number of carbonyl (C=O) groups excluding carboxylic acids is 2. The van der Waals surface area contributed by atoms with Gasteiger partial charge in [-0.15, -0.1) is 0 Å². The van der Waals surface area contributed by atoms with Crippen LogP contribution in [0.25, 0.3) is 22.3 Å². The number of hydrogen-bond donors (Lipinski definition) is 0. The van der Waals surface area contributed by atoms with E-state index in [-0.39, 0.29) is 0 Å². The van der Waals surface area contributed by atoms with Crippen molar-refractivity contribution in [1.29, 1.82) is 0 Å². The van der Waals surface area contributed by atoms with Crippen LogP contribution in [0.15, 0.2) is 110 Å². The highest BCUT2D eigenvalue weighted by molar-refractivity contribution is 5.87. The zero-order valence-electron chi connectivity index (χ0n) is 17.6. The van der Waals surface area contributed by atoms with Crippen LogP contribution in [0.5, 0.6) is 11.5 Å². The molecule has 3 rings (SSSR count). The van der Waals surface area contributed by atoms with Crippen molar-refractivity contribution in [3.63, 3.8) is 0 Å². The van der Waals surface area contributed by atoms with Crippen molar-refractivity contribution >= 4 is 11.9 Å². The van der Waals surface area contributed by atoms with E-state index in [1.54, 1.807) is 19.1 Å². The van der Waals surface area contributed by atoms with Gasteiger partial charge in [0.25, 0.3) is 0 Å². The topological polar surface area (TPSA) is 61.8 Å². The van der Waals surface area contributed by atoms with Gasteiger partial charge in [-0.3, -0.25) is 0 Å². The lowest BCUT2D eigenvalue weighted by molar-refractivity contribution is -0.133. The molecule has 0 saturated carbocycles. The van der Waals surface area contributed by atoms with Gasteiger partial charge in [0, 0.05) is 11.6 Å². The van der Waals surface area contributed by atoms with Crippen molar-refractivity contribution in [3.8, 4) is 33.8 Å². The number of carbonyl (C=O) groups is 2. The van der Waals surface area contributed by atoms with Crippen LogP contribution in [0.4, 0.5) is 0 Å². The summed E-state index contributed by atoms with van der Waals surface area (Å²) in [6.45, 7) is 8.46. The minimum Gasteiger partial charge on any atom is -0.462 e. The molecule has 0 atom stereocenters. The summed E-state index contributed by atoms with van der Waals surface area (Å²) in [6, 6.07) is 23.0. The van der Waals surface area contributed by atoms with E-state index in [2.05, 4.69) is 13.2 Å². The number of hydrogen-bond acceptors (Lipinski definition) is 5. The van der Waals surface area contributed by atoms with Gasteiger partial charge in [0.05, 0.1) is 0 Å². The molecular weight excluding hydrogens is 404 g/mol. The molecule has 0 radical (unpaired) electrons. The molecule has 0 bridgehead atoms. The van der Waals surface area contributed by atoms with Gasteiger partial charge in [-0.25, -0.2) is 9.59 Å². The largest absolute Gasteiger partial charge is 0.462 e. The number of rotatable bonds is 8. The van der Waals surface area contributed by atoms with Crippen LogP contribution in [-0.2, 0) is 14.3 Å². The molecule has 0 aliphatic rings. The van der Waals surface area contributed by atoms with E-state index in [0.29, 0.717) is 17.1 Å². The Morgan fingerprint density at radius 1 is 0.719 bits per heavy atom. The minimum atomic E-state index is -0.504. The second-order valence-corrected chi connectivity index (χ2v) is 6.83. The Morgan fingerprint density at radius 3 is 1.59 bits per heavy atom. The molecule has 32 heavy (non-hydrogen) atoms. The molecule has 0 N–H and O–H groups in total. The molecule has 5 nitrogen and oxygen atoms in total. The monoisotopic (exact) mass is 426 g/mol. The van der Waals surface area contributed by atoms with Gasteiger partial charge < -0.3 is 14.2 Å². The lowest BCUT2D eigenvalue weighted by atomic mass is 10.0. The standard InChI is InChI=1S/C27H22O5/c1-4-26(28)32-25-15-11-23(12-16-25)21-7-5-20(6-8-21)22-9-13-24(14-10-22)30-17-18-31-27(29)19(2)3/h4-18H,1-2H2,3H3.